The molecule has 0 radical (unpaired) electrons. The molecule has 46 heavy (non-hydrogen) atoms. The highest BCUT2D eigenvalue weighted by molar-refractivity contribution is 7.92. The highest BCUT2D eigenvalue weighted by atomic mass is 32.2. The second-order valence-electron chi connectivity index (χ2n) is 11.8. The van der Waals surface area contributed by atoms with Gasteiger partial charge in [-0.1, -0.05) is 61.5 Å². The van der Waals surface area contributed by atoms with Crippen molar-refractivity contribution >= 4 is 15.7 Å². The summed E-state index contributed by atoms with van der Waals surface area (Å²) in [4.78, 5) is 2.60. The number of fused-ring (bicyclic) bond motifs is 1. The second-order valence-corrected chi connectivity index (χ2v) is 13.5. The molecule has 1 fully saturated rings. The number of rotatable bonds is 10. The third kappa shape index (κ3) is 6.91. The molecule has 6 rings (SSSR count). The van der Waals surface area contributed by atoms with E-state index < -0.39 is 16.3 Å². The van der Waals surface area contributed by atoms with E-state index in [-0.39, 0.29) is 29.6 Å². The summed E-state index contributed by atoms with van der Waals surface area (Å²) in [5.41, 5.74) is 5.56. The van der Waals surface area contributed by atoms with E-state index in [0.717, 1.165) is 47.7 Å². The number of aliphatic hydroxyl groups excluding tert-OH is 1. The first-order chi connectivity index (χ1) is 22.3. The molecule has 2 heterocycles. The van der Waals surface area contributed by atoms with Gasteiger partial charge in [0.15, 0.2) is 17.8 Å². The minimum Gasteiger partial charge on any atom is -0.493 e. The van der Waals surface area contributed by atoms with Gasteiger partial charge >= 0.3 is 0 Å². The van der Waals surface area contributed by atoms with Gasteiger partial charge in [0.1, 0.15) is 0 Å². The van der Waals surface area contributed by atoms with Gasteiger partial charge in [-0.2, -0.15) is 0 Å². The Kier molecular flexibility index (Phi) is 9.62. The SMILES string of the molecule is COc1cc2c(cc1OC)CN(CC1OC(c3ccc(NS(=O)(=O)c4ccccc4)cc3)OC(c3ccc(CO)cc3)C1C)CC2. The Morgan fingerprint density at radius 3 is 2.17 bits per heavy atom. The maximum absolute atomic E-state index is 12.9. The van der Waals surface area contributed by atoms with Crippen molar-refractivity contribution in [3.05, 3.63) is 119 Å². The summed E-state index contributed by atoms with van der Waals surface area (Å²) in [6.45, 7) is 4.48. The van der Waals surface area contributed by atoms with Crippen molar-refractivity contribution < 1.29 is 32.5 Å². The van der Waals surface area contributed by atoms with Gasteiger partial charge in [-0.25, -0.2) is 8.42 Å². The van der Waals surface area contributed by atoms with Crippen LogP contribution in [0.25, 0.3) is 0 Å². The van der Waals surface area contributed by atoms with Crippen LogP contribution >= 0.6 is 0 Å². The Balaban J connectivity index is 1.23. The summed E-state index contributed by atoms with van der Waals surface area (Å²) in [5, 5.41) is 9.58. The maximum atomic E-state index is 12.9. The average molecular weight is 645 g/mol. The summed E-state index contributed by atoms with van der Waals surface area (Å²) in [6.07, 6.45) is -0.179. The smallest absolute Gasteiger partial charge is 0.261 e. The lowest BCUT2D eigenvalue weighted by molar-refractivity contribution is -0.276. The predicted molar refractivity (Wildman–Crippen MR) is 175 cm³/mol. The van der Waals surface area contributed by atoms with E-state index in [4.69, 9.17) is 18.9 Å². The Bertz CT molecular complexity index is 1730. The molecular weight excluding hydrogens is 604 g/mol. The van der Waals surface area contributed by atoms with Gasteiger partial charge in [-0.3, -0.25) is 9.62 Å². The first-order valence-corrected chi connectivity index (χ1v) is 16.9. The lowest BCUT2D eigenvalue weighted by atomic mass is 9.89. The standard InChI is InChI=1S/C36H40N2O7S/c1-24-34(22-38-18-17-28-19-32(42-2)33(43-3)20-29(28)21-38)44-36(45-35(24)26-11-9-25(23-39)10-12-26)27-13-15-30(16-14-27)37-46(40,41)31-7-5-4-6-8-31/h4-16,19-20,24,34-37,39H,17-18,21-23H2,1-3H3. The fourth-order valence-corrected chi connectivity index (χ4v) is 7.28. The Labute approximate surface area is 270 Å². The van der Waals surface area contributed by atoms with E-state index in [0.29, 0.717) is 12.2 Å². The van der Waals surface area contributed by atoms with E-state index in [9.17, 15) is 13.5 Å². The minimum absolute atomic E-state index is 0.0246. The summed E-state index contributed by atoms with van der Waals surface area (Å²) >= 11 is 0. The van der Waals surface area contributed by atoms with Crippen LogP contribution in [0, 0.1) is 5.92 Å². The van der Waals surface area contributed by atoms with Crippen molar-refractivity contribution in [3.8, 4) is 11.5 Å². The van der Waals surface area contributed by atoms with Crippen molar-refractivity contribution in [2.24, 2.45) is 5.92 Å². The van der Waals surface area contributed by atoms with Crippen LogP contribution in [0.15, 0.2) is 95.9 Å². The number of aliphatic hydroxyl groups is 1. The van der Waals surface area contributed by atoms with Crippen LogP contribution in [0.2, 0.25) is 0 Å². The number of methoxy groups -OCH3 is 2. The fourth-order valence-electron chi connectivity index (χ4n) is 6.20. The summed E-state index contributed by atoms with van der Waals surface area (Å²) in [5.74, 6) is 1.49. The molecule has 4 aromatic carbocycles. The van der Waals surface area contributed by atoms with Crippen LogP contribution < -0.4 is 14.2 Å². The molecule has 0 amide bonds. The maximum Gasteiger partial charge on any atom is 0.261 e. The van der Waals surface area contributed by atoms with Gasteiger partial charge in [0.2, 0.25) is 0 Å². The van der Waals surface area contributed by atoms with Crippen molar-refractivity contribution in [2.75, 3.05) is 32.0 Å². The number of ether oxygens (including phenoxy) is 4. The molecule has 0 saturated carbocycles. The van der Waals surface area contributed by atoms with Gasteiger partial charge < -0.3 is 24.1 Å². The van der Waals surface area contributed by atoms with E-state index in [1.807, 2.05) is 36.4 Å². The Morgan fingerprint density at radius 2 is 1.52 bits per heavy atom. The molecule has 0 bridgehead atoms. The first-order valence-electron chi connectivity index (χ1n) is 15.4. The number of sulfonamides is 1. The van der Waals surface area contributed by atoms with E-state index >= 15 is 0 Å². The van der Waals surface area contributed by atoms with Gasteiger partial charge in [-0.15, -0.1) is 0 Å². The molecule has 2 aliphatic heterocycles. The van der Waals surface area contributed by atoms with Gasteiger partial charge in [0, 0.05) is 36.8 Å². The molecule has 2 N–H and O–H groups in total. The molecule has 9 nitrogen and oxygen atoms in total. The third-order valence-corrected chi connectivity index (χ3v) is 10.2. The molecular formula is C36H40N2O7S. The number of nitrogens with one attached hydrogen (secondary N) is 1. The molecule has 10 heteroatoms. The number of anilines is 1. The van der Waals surface area contributed by atoms with Crippen molar-refractivity contribution in [1.29, 1.82) is 0 Å². The predicted octanol–water partition coefficient (Wildman–Crippen LogP) is 5.85. The fraction of sp³-hybridized carbons (Fsp3) is 0.333. The topological polar surface area (TPSA) is 107 Å². The number of benzene rings is 4. The monoisotopic (exact) mass is 644 g/mol. The van der Waals surface area contributed by atoms with Crippen LogP contribution in [0.3, 0.4) is 0 Å². The van der Waals surface area contributed by atoms with Crippen molar-refractivity contribution in [1.82, 2.24) is 4.90 Å². The average Bonchev–Trinajstić information content (AvgIpc) is 3.09. The summed E-state index contributed by atoms with van der Waals surface area (Å²) < 4.78 is 52.7. The molecule has 4 aromatic rings. The van der Waals surface area contributed by atoms with Gasteiger partial charge in [-0.05, 0) is 65.1 Å². The highest BCUT2D eigenvalue weighted by Gasteiger charge is 2.39. The zero-order valence-corrected chi connectivity index (χ0v) is 27.1. The van der Waals surface area contributed by atoms with Crippen LogP contribution in [0.4, 0.5) is 5.69 Å². The number of nitrogens with zero attached hydrogens (tertiary/aromatic N) is 1. The lowest BCUT2D eigenvalue weighted by Crippen LogP contribution is -2.45. The molecule has 4 unspecified atom stereocenters. The molecule has 1 saturated heterocycles. The molecule has 0 aromatic heterocycles. The quantitative estimate of drug-likeness (QED) is 0.222. The second kappa shape index (κ2) is 13.8. The molecule has 0 aliphatic carbocycles. The van der Waals surface area contributed by atoms with Crippen LogP contribution in [-0.2, 0) is 39.1 Å². The Morgan fingerprint density at radius 1 is 0.870 bits per heavy atom. The molecule has 2 aliphatic rings. The molecule has 0 spiro atoms. The molecule has 242 valence electrons. The minimum atomic E-state index is -3.71. The Hall–Kier alpha value is -3.93. The highest BCUT2D eigenvalue weighted by Crippen LogP contribution is 2.42. The number of hydrogen-bond acceptors (Lipinski definition) is 8. The van der Waals surface area contributed by atoms with E-state index in [2.05, 4.69) is 28.7 Å². The van der Waals surface area contributed by atoms with E-state index in [1.54, 1.807) is 56.7 Å². The largest absolute Gasteiger partial charge is 0.493 e. The van der Waals surface area contributed by atoms with E-state index in [1.165, 1.54) is 11.1 Å². The first kappa shape index (κ1) is 32.0. The van der Waals surface area contributed by atoms with Crippen LogP contribution in [0.5, 0.6) is 11.5 Å². The van der Waals surface area contributed by atoms with Crippen molar-refractivity contribution in [2.45, 2.75) is 49.9 Å². The lowest BCUT2D eigenvalue weighted by Gasteiger charge is -2.43. The normalized spacial score (nSPS) is 21.7. The zero-order chi connectivity index (χ0) is 32.3. The number of hydrogen-bond donors (Lipinski definition) is 2. The third-order valence-electron chi connectivity index (χ3n) is 8.85. The summed E-state index contributed by atoms with van der Waals surface area (Å²) in [7, 11) is -0.404. The van der Waals surface area contributed by atoms with Crippen molar-refractivity contribution in [3.63, 3.8) is 0 Å². The van der Waals surface area contributed by atoms with Crippen LogP contribution in [0.1, 0.15) is 47.1 Å². The van der Waals surface area contributed by atoms with Crippen LogP contribution in [-0.4, -0.2) is 51.8 Å². The van der Waals surface area contributed by atoms with Gasteiger partial charge in [0.25, 0.3) is 10.0 Å². The zero-order valence-electron chi connectivity index (χ0n) is 26.3. The summed E-state index contributed by atoms with van der Waals surface area (Å²) in [6, 6.07) is 27.4. The van der Waals surface area contributed by atoms with Gasteiger partial charge in [0.05, 0.1) is 37.9 Å². The molecule has 4 atom stereocenters.